The number of aromatic nitrogens is 3. The molecule has 0 N–H and O–H groups in total. The third-order valence-electron chi connectivity index (χ3n) is 2.27. The van der Waals surface area contributed by atoms with E-state index in [0.717, 1.165) is 11.2 Å². The standard InChI is InChI=1S/C10H13N3/c1-7(2)8-4-9-10(11-5-8)12-6-13(9)3/h4-7H,1-3H3. The lowest BCUT2D eigenvalue weighted by Crippen LogP contribution is -1.91. The van der Waals surface area contributed by atoms with Crippen LogP contribution in [0.4, 0.5) is 0 Å². The van der Waals surface area contributed by atoms with Crippen LogP contribution in [0.1, 0.15) is 25.3 Å². The highest BCUT2D eigenvalue weighted by molar-refractivity contribution is 5.71. The van der Waals surface area contributed by atoms with Crippen LogP contribution in [0.5, 0.6) is 0 Å². The van der Waals surface area contributed by atoms with E-state index < -0.39 is 0 Å². The number of nitrogens with zero attached hydrogens (tertiary/aromatic N) is 3. The van der Waals surface area contributed by atoms with Crippen molar-refractivity contribution in [3.05, 3.63) is 24.2 Å². The Labute approximate surface area is 77.4 Å². The maximum atomic E-state index is 4.29. The van der Waals surface area contributed by atoms with Crippen LogP contribution in [-0.4, -0.2) is 14.5 Å². The minimum Gasteiger partial charge on any atom is -0.332 e. The number of imidazole rings is 1. The summed E-state index contributed by atoms with van der Waals surface area (Å²) in [7, 11) is 1.99. The van der Waals surface area contributed by atoms with Crippen LogP contribution in [-0.2, 0) is 7.05 Å². The fourth-order valence-corrected chi connectivity index (χ4v) is 1.34. The molecule has 0 aliphatic rings. The van der Waals surface area contributed by atoms with E-state index in [0.29, 0.717) is 5.92 Å². The zero-order valence-electron chi connectivity index (χ0n) is 8.15. The summed E-state index contributed by atoms with van der Waals surface area (Å²) < 4.78 is 1.99. The third kappa shape index (κ3) is 1.30. The van der Waals surface area contributed by atoms with Gasteiger partial charge in [-0.1, -0.05) is 13.8 Å². The molecule has 0 spiro atoms. The molecule has 0 aliphatic heterocycles. The average molecular weight is 175 g/mol. The largest absolute Gasteiger partial charge is 0.332 e. The SMILES string of the molecule is CC(C)c1cnc2ncn(C)c2c1. The fourth-order valence-electron chi connectivity index (χ4n) is 1.34. The summed E-state index contributed by atoms with van der Waals surface area (Å²) in [6, 6.07) is 2.15. The van der Waals surface area contributed by atoms with E-state index in [1.807, 2.05) is 17.8 Å². The summed E-state index contributed by atoms with van der Waals surface area (Å²) in [6.07, 6.45) is 3.70. The van der Waals surface area contributed by atoms with Crippen molar-refractivity contribution in [3.63, 3.8) is 0 Å². The third-order valence-corrected chi connectivity index (χ3v) is 2.27. The molecule has 3 nitrogen and oxygen atoms in total. The summed E-state index contributed by atoms with van der Waals surface area (Å²) in [5, 5.41) is 0. The number of hydrogen-bond acceptors (Lipinski definition) is 2. The molecule has 68 valence electrons. The van der Waals surface area contributed by atoms with Crippen LogP contribution >= 0.6 is 0 Å². The molecule has 13 heavy (non-hydrogen) atoms. The number of pyridine rings is 1. The smallest absolute Gasteiger partial charge is 0.177 e. The van der Waals surface area contributed by atoms with Crippen LogP contribution in [0, 0.1) is 0 Å². The van der Waals surface area contributed by atoms with Gasteiger partial charge in [0.1, 0.15) is 0 Å². The Morgan fingerprint density at radius 3 is 2.77 bits per heavy atom. The lowest BCUT2D eigenvalue weighted by Gasteiger charge is -2.04. The molecule has 0 saturated heterocycles. The Kier molecular flexibility index (Phi) is 1.79. The van der Waals surface area contributed by atoms with Crippen molar-refractivity contribution in [3.8, 4) is 0 Å². The fraction of sp³-hybridized carbons (Fsp3) is 0.400. The highest BCUT2D eigenvalue weighted by Crippen LogP contribution is 2.17. The molecule has 2 heterocycles. The van der Waals surface area contributed by atoms with E-state index >= 15 is 0 Å². The first-order valence-electron chi connectivity index (χ1n) is 4.45. The Balaban J connectivity index is 2.66. The first kappa shape index (κ1) is 8.23. The molecule has 0 unspecified atom stereocenters. The monoisotopic (exact) mass is 175 g/mol. The molecule has 2 aromatic rings. The van der Waals surface area contributed by atoms with Crippen molar-refractivity contribution in [2.75, 3.05) is 0 Å². The maximum Gasteiger partial charge on any atom is 0.177 e. The average Bonchev–Trinajstić information content (AvgIpc) is 2.47. The van der Waals surface area contributed by atoms with Gasteiger partial charge in [-0.25, -0.2) is 9.97 Å². The molecule has 0 atom stereocenters. The number of rotatable bonds is 1. The summed E-state index contributed by atoms with van der Waals surface area (Å²) in [5.74, 6) is 0.520. The van der Waals surface area contributed by atoms with Gasteiger partial charge in [0.2, 0.25) is 0 Å². The predicted octanol–water partition coefficient (Wildman–Crippen LogP) is 2.09. The molecule has 0 radical (unpaired) electrons. The van der Waals surface area contributed by atoms with E-state index in [1.165, 1.54) is 5.56 Å². The van der Waals surface area contributed by atoms with Gasteiger partial charge < -0.3 is 4.57 Å². The second kappa shape index (κ2) is 2.83. The molecule has 0 amide bonds. The topological polar surface area (TPSA) is 30.7 Å². The molecule has 3 heteroatoms. The van der Waals surface area contributed by atoms with Gasteiger partial charge in [-0.05, 0) is 17.5 Å². The van der Waals surface area contributed by atoms with Crippen molar-refractivity contribution >= 4 is 11.2 Å². The Morgan fingerprint density at radius 1 is 1.31 bits per heavy atom. The summed E-state index contributed by atoms with van der Waals surface area (Å²) in [5.41, 5.74) is 3.19. The second-order valence-corrected chi connectivity index (χ2v) is 3.62. The molecular formula is C10H13N3. The van der Waals surface area contributed by atoms with E-state index in [1.54, 1.807) is 6.33 Å². The molecule has 2 rings (SSSR count). The Morgan fingerprint density at radius 2 is 2.08 bits per heavy atom. The number of hydrogen-bond donors (Lipinski definition) is 0. The highest BCUT2D eigenvalue weighted by Gasteiger charge is 2.04. The minimum absolute atomic E-state index is 0.520. The van der Waals surface area contributed by atoms with Crippen molar-refractivity contribution in [1.82, 2.24) is 14.5 Å². The normalized spacial score (nSPS) is 11.4. The van der Waals surface area contributed by atoms with Crippen LogP contribution in [0.2, 0.25) is 0 Å². The quantitative estimate of drug-likeness (QED) is 0.664. The van der Waals surface area contributed by atoms with Gasteiger partial charge in [-0.15, -0.1) is 0 Å². The van der Waals surface area contributed by atoms with Gasteiger partial charge in [0.25, 0.3) is 0 Å². The van der Waals surface area contributed by atoms with Gasteiger partial charge in [0.15, 0.2) is 5.65 Å². The molecule has 2 aromatic heterocycles. The molecular weight excluding hydrogens is 162 g/mol. The molecule has 0 bridgehead atoms. The number of aryl methyl sites for hydroxylation is 1. The van der Waals surface area contributed by atoms with Crippen LogP contribution in [0.3, 0.4) is 0 Å². The summed E-state index contributed by atoms with van der Waals surface area (Å²) in [6.45, 7) is 4.33. The van der Waals surface area contributed by atoms with Crippen molar-refractivity contribution < 1.29 is 0 Å². The molecule has 0 fully saturated rings. The van der Waals surface area contributed by atoms with Gasteiger partial charge in [-0.2, -0.15) is 0 Å². The molecule has 0 aromatic carbocycles. The van der Waals surface area contributed by atoms with Gasteiger partial charge in [0.05, 0.1) is 11.8 Å². The van der Waals surface area contributed by atoms with Crippen molar-refractivity contribution in [2.24, 2.45) is 7.05 Å². The lowest BCUT2D eigenvalue weighted by atomic mass is 10.1. The summed E-state index contributed by atoms with van der Waals surface area (Å²) in [4.78, 5) is 8.46. The first-order chi connectivity index (χ1) is 6.18. The van der Waals surface area contributed by atoms with E-state index in [4.69, 9.17) is 0 Å². The van der Waals surface area contributed by atoms with E-state index in [9.17, 15) is 0 Å². The minimum atomic E-state index is 0.520. The van der Waals surface area contributed by atoms with Gasteiger partial charge in [0, 0.05) is 13.2 Å². The van der Waals surface area contributed by atoms with Crippen LogP contribution in [0.15, 0.2) is 18.6 Å². The van der Waals surface area contributed by atoms with E-state index in [2.05, 4.69) is 29.9 Å². The van der Waals surface area contributed by atoms with Crippen molar-refractivity contribution in [1.29, 1.82) is 0 Å². The van der Waals surface area contributed by atoms with Gasteiger partial charge in [-0.3, -0.25) is 0 Å². The maximum absolute atomic E-state index is 4.29. The van der Waals surface area contributed by atoms with Crippen molar-refractivity contribution in [2.45, 2.75) is 19.8 Å². The summed E-state index contributed by atoms with van der Waals surface area (Å²) >= 11 is 0. The second-order valence-electron chi connectivity index (χ2n) is 3.62. The van der Waals surface area contributed by atoms with Gasteiger partial charge >= 0.3 is 0 Å². The zero-order valence-corrected chi connectivity index (χ0v) is 8.15. The van der Waals surface area contributed by atoms with E-state index in [-0.39, 0.29) is 0 Å². The zero-order chi connectivity index (χ0) is 9.42. The highest BCUT2D eigenvalue weighted by atomic mass is 15.0. The predicted molar refractivity (Wildman–Crippen MR) is 52.6 cm³/mol. The van der Waals surface area contributed by atoms with Crippen LogP contribution < -0.4 is 0 Å². The molecule has 0 aliphatic carbocycles. The molecule has 0 saturated carbocycles. The van der Waals surface area contributed by atoms with Crippen LogP contribution in [0.25, 0.3) is 11.2 Å². The lowest BCUT2D eigenvalue weighted by molar-refractivity contribution is 0.858. The first-order valence-corrected chi connectivity index (χ1v) is 4.45. The Hall–Kier alpha value is -1.38. The number of fused-ring (bicyclic) bond motifs is 1. The Bertz CT molecular complexity index is 429.